The van der Waals surface area contributed by atoms with Crippen LogP contribution in [0.5, 0.6) is 0 Å². The predicted molar refractivity (Wildman–Crippen MR) is 82.4 cm³/mol. The number of aliphatic hydroxyl groups is 1. The molecular weight excluding hydrogens is 276 g/mol. The zero-order valence-corrected chi connectivity index (χ0v) is 12.6. The van der Waals surface area contributed by atoms with Crippen molar-refractivity contribution in [2.75, 3.05) is 17.6 Å². The second-order valence-electron chi connectivity index (χ2n) is 5.22. The summed E-state index contributed by atoms with van der Waals surface area (Å²) in [6, 6.07) is 5.08. The molecular formula is C14H20N2O3S. The van der Waals surface area contributed by atoms with E-state index in [1.165, 1.54) is 0 Å². The van der Waals surface area contributed by atoms with Crippen molar-refractivity contribution in [3.8, 4) is 0 Å². The first-order chi connectivity index (χ1) is 9.46. The third-order valence-electron chi connectivity index (χ3n) is 3.74. The number of nitrogens with zero attached hydrogens (tertiary/aromatic N) is 1. The van der Waals surface area contributed by atoms with Gasteiger partial charge in [0, 0.05) is 17.9 Å². The Bertz CT molecular complexity index is 509. The van der Waals surface area contributed by atoms with Gasteiger partial charge in [0.25, 0.3) is 5.69 Å². The molecule has 0 amide bonds. The molecule has 6 heteroatoms. The Morgan fingerprint density at radius 3 is 2.90 bits per heavy atom. The maximum Gasteiger partial charge on any atom is 0.292 e. The van der Waals surface area contributed by atoms with Gasteiger partial charge >= 0.3 is 0 Å². The Balaban J connectivity index is 2.06. The van der Waals surface area contributed by atoms with Crippen LogP contribution in [0.15, 0.2) is 18.2 Å². The Morgan fingerprint density at radius 1 is 1.60 bits per heavy atom. The van der Waals surface area contributed by atoms with Crippen LogP contribution in [-0.4, -0.2) is 33.2 Å². The lowest BCUT2D eigenvalue weighted by molar-refractivity contribution is -0.384. The van der Waals surface area contributed by atoms with Crippen molar-refractivity contribution in [3.05, 3.63) is 33.9 Å². The van der Waals surface area contributed by atoms with Gasteiger partial charge in [0.05, 0.1) is 10.5 Å². The number of hydrogen-bond donors (Lipinski definition) is 2. The van der Waals surface area contributed by atoms with Crippen molar-refractivity contribution in [2.24, 2.45) is 0 Å². The Labute approximate surface area is 122 Å². The average molecular weight is 296 g/mol. The van der Waals surface area contributed by atoms with E-state index >= 15 is 0 Å². The van der Waals surface area contributed by atoms with Crippen LogP contribution in [0.1, 0.15) is 25.3 Å². The number of thioether (sulfide) groups is 1. The third kappa shape index (κ3) is 3.07. The summed E-state index contributed by atoms with van der Waals surface area (Å²) in [7, 11) is 0. The van der Waals surface area contributed by atoms with Gasteiger partial charge < -0.3 is 10.4 Å². The van der Waals surface area contributed by atoms with Gasteiger partial charge in [-0.25, -0.2) is 0 Å². The number of rotatable bonds is 6. The van der Waals surface area contributed by atoms with Crippen LogP contribution in [0, 0.1) is 17.0 Å². The van der Waals surface area contributed by atoms with Gasteiger partial charge in [-0.2, -0.15) is 11.8 Å². The lowest BCUT2D eigenvalue weighted by Gasteiger charge is -2.45. The average Bonchev–Trinajstić information content (AvgIpc) is 2.41. The minimum absolute atomic E-state index is 0.0626. The topological polar surface area (TPSA) is 75.4 Å². The van der Waals surface area contributed by atoms with E-state index in [2.05, 4.69) is 12.2 Å². The van der Waals surface area contributed by atoms with Crippen molar-refractivity contribution in [3.63, 3.8) is 0 Å². The molecule has 0 heterocycles. The van der Waals surface area contributed by atoms with Crippen LogP contribution >= 0.6 is 11.8 Å². The fourth-order valence-corrected chi connectivity index (χ4v) is 3.63. The van der Waals surface area contributed by atoms with Crippen LogP contribution in [0.3, 0.4) is 0 Å². The lowest BCUT2D eigenvalue weighted by atomic mass is 9.79. The summed E-state index contributed by atoms with van der Waals surface area (Å²) in [4.78, 5) is 10.7. The molecule has 1 saturated carbocycles. The van der Waals surface area contributed by atoms with Gasteiger partial charge in [-0.3, -0.25) is 10.1 Å². The van der Waals surface area contributed by atoms with E-state index in [1.807, 2.05) is 13.0 Å². The second kappa shape index (κ2) is 6.01. The first kappa shape index (κ1) is 15.1. The molecule has 1 fully saturated rings. The first-order valence-electron chi connectivity index (χ1n) is 6.79. The van der Waals surface area contributed by atoms with E-state index in [1.54, 1.807) is 23.9 Å². The molecule has 1 aliphatic rings. The molecule has 2 atom stereocenters. The van der Waals surface area contributed by atoms with E-state index in [-0.39, 0.29) is 10.9 Å². The summed E-state index contributed by atoms with van der Waals surface area (Å²) >= 11 is 1.75. The van der Waals surface area contributed by atoms with Gasteiger partial charge in [-0.15, -0.1) is 0 Å². The van der Waals surface area contributed by atoms with Crippen LogP contribution in [0.4, 0.5) is 11.4 Å². The van der Waals surface area contributed by atoms with Gasteiger partial charge in [-0.1, -0.05) is 13.0 Å². The minimum Gasteiger partial charge on any atom is -0.387 e. The summed E-state index contributed by atoms with van der Waals surface area (Å²) in [5, 5.41) is 24.8. The SMILES string of the molecule is CCSC1CCC1(O)CNc1ccc(C)cc1[N+](=O)[O-]. The number of nitro benzene ring substituents is 1. The molecule has 0 spiro atoms. The Morgan fingerprint density at radius 2 is 2.35 bits per heavy atom. The molecule has 0 aliphatic heterocycles. The van der Waals surface area contributed by atoms with Gasteiger partial charge in [0.1, 0.15) is 5.69 Å². The van der Waals surface area contributed by atoms with Crippen LogP contribution in [0.25, 0.3) is 0 Å². The fourth-order valence-electron chi connectivity index (χ4n) is 2.43. The lowest BCUT2D eigenvalue weighted by Crippen LogP contribution is -2.54. The molecule has 0 radical (unpaired) electrons. The summed E-state index contributed by atoms with van der Waals surface area (Å²) in [5.41, 5.74) is 0.636. The monoisotopic (exact) mass is 296 g/mol. The highest BCUT2D eigenvalue weighted by molar-refractivity contribution is 8.00. The molecule has 1 aromatic carbocycles. The summed E-state index contributed by atoms with van der Waals surface area (Å²) in [6.07, 6.45) is 1.75. The number of anilines is 1. The number of nitro groups is 1. The number of nitrogens with one attached hydrogen (secondary N) is 1. The number of aryl methyl sites for hydroxylation is 1. The predicted octanol–water partition coefficient (Wildman–Crippen LogP) is 2.96. The highest BCUT2D eigenvalue weighted by Crippen LogP contribution is 2.41. The number of benzene rings is 1. The number of hydrogen-bond acceptors (Lipinski definition) is 5. The molecule has 1 aromatic rings. The zero-order chi connectivity index (χ0) is 14.8. The van der Waals surface area contributed by atoms with Gasteiger partial charge in [0.15, 0.2) is 0 Å². The quantitative estimate of drug-likeness (QED) is 0.623. The Kier molecular flexibility index (Phi) is 4.55. The first-order valence-corrected chi connectivity index (χ1v) is 7.84. The van der Waals surface area contributed by atoms with Crippen molar-refractivity contribution >= 4 is 23.1 Å². The van der Waals surface area contributed by atoms with Crippen molar-refractivity contribution in [2.45, 2.75) is 37.5 Å². The molecule has 0 bridgehead atoms. The molecule has 2 rings (SSSR count). The second-order valence-corrected chi connectivity index (χ2v) is 6.70. The molecule has 2 unspecified atom stereocenters. The Hall–Kier alpha value is -1.27. The van der Waals surface area contributed by atoms with Crippen molar-refractivity contribution in [1.82, 2.24) is 0 Å². The summed E-state index contributed by atoms with van der Waals surface area (Å²) in [6.45, 7) is 4.25. The summed E-state index contributed by atoms with van der Waals surface area (Å²) < 4.78 is 0. The molecule has 2 N–H and O–H groups in total. The highest BCUT2D eigenvalue weighted by Gasteiger charge is 2.45. The van der Waals surface area contributed by atoms with Gasteiger partial charge in [0.2, 0.25) is 0 Å². The van der Waals surface area contributed by atoms with E-state index in [4.69, 9.17) is 0 Å². The van der Waals surface area contributed by atoms with Crippen molar-refractivity contribution in [1.29, 1.82) is 0 Å². The smallest absolute Gasteiger partial charge is 0.292 e. The zero-order valence-electron chi connectivity index (χ0n) is 11.8. The van der Waals surface area contributed by atoms with Crippen LogP contribution in [0.2, 0.25) is 0 Å². The van der Waals surface area contributed by atoms with Crippen LogP contribution < -0.4 is 5.32 Å². The molecule has 5 nitrogen and oxygen atoms in total. The molecule has 1 aliphatic carbocycles. The largest absolute Gasteiger partial charge is 0.387 e. The highest BCUT2D eigenvalue weighted by atomic mass is 32.2. The van der Waals surface area contributed by atoms with Crippen LogP contribution in [-0.2, 0) is 0 Å². The standard InChI is InChI=1S/C14H20N2O3S/c1-3-20-13-6-7-14(13,17)9-15-11-5-4-10(2)8-12(11)16(18)19/h4-5,8,13,15,17H,3,6-7,9H2,1-2H3. The van der Waals surface area contributed by atoms with Gasteiger partial charge in [-0.05, 0) is 37.1 Å². The maximum atomic E-state index is 11.0. The van der Waals surface area contributed by atoms with E-state index < -0.39 is 10.5 Å². The normalized spacial score (nSPS) is 25.1. The van der Waals surface area contributed by atoms with Crippen molar-refractivity contribution < 1.29 is 10.0 Å². The molecule has 110 valence electrons. The summed E-state index contributed by atoms with van der Waals surface area (Å²) in [5.74, 6) is 0.970. The minimum atomic E-state index is -0.751. The van der Waals surface area contributed by atoms with E-state index in [0.717, 1.165) is 24.2 Å². The molecule has 0 aromatic heterocycles. The fraction of sp³-hybridized carbons (Fsp3) is 0.571. The molecule has 0 saturated heterocycles. The maximum absolute atomic E-state index is 11.0. The third-order valence-corrected chi connectivity index (χ3v) is 5.15. The molecule has 20 heavy (non-hydrogen) atoms. The van der Waals surface area contributed by atoms with E-state index in [0.29, 0.717) is 12.2 Å². The van der Waals surface area contributed by atoms with E-state index in [9.17, 15) is 15.2 Å².